The van der Waals surface area contributed by atoms with E-state index in [1.165, 1.54) is 0 Å². The van der Waals surface area contributed by atoms with E-state index in [-0.39, 0.29) is 18.1 Å². The molecule has 0 aromatic heterocycles. The van der Waals surface area contributed by atoms with E-state index in [0.717, 1.165) is 6.42 Å². The second-order valence-corrected chi connectivity index (χ2v) is 4.21. The molecule has 2 atom stereocenters. The van der Waals surface area contributed by atoms with Crippen LogP contribution in [0.5, 0.6) is 0 Å². The first-order valence-corrected chi connectivity index (χ1v) is 6.15. The number of Topliss-reactive ketones (excluding diaryl/α,β-unsaturated/α-hetero) is 1. The fourth-order valence-corrected chi connectivity index (χ4v) is 1.68. The highest BCUT2D eigenvalue weighted by molar-refractivity contribution is 6.08. The van der Waals surface area contributed by atoms with E-state index in [0.29, 0.717) is 12.8 Å². The quantitative estimate of drug-likeness (QED) is 0.504. The second kappa shape index (κ2) is 7.22. The maximum Gasteiger partial charge on any atom is 0.331 e. The molecule has 98 valence electrons. The zero-order valence-electron chi connectivity index (χ0n) is 10.9. The van der Waals surface area contributed by atoms with Crippen molar-refractivity contribution in [3.63, 3.8) is 0 Å². The highest BCUT2D eigenvalue weighted by Crippen LogP contribution is 2.20. The molecule has 17 heavy (non-hydrogen) atoms. The predicted octanol–water partition coefficient (Wildman–Crippen LogP) is 2.13. The molecule has 0 aliphatic carbocycles. The van der Waals surface area contributed by atoms with Gasteiger partial charge in [0.1, 0.15) is 0 Å². The molecule has 0 aromatic carbocycles. The van der Waals surface area contributed by atoms with Crippen LogP contribution in [0.3, 0.4) is 0 Å². The fourth-order valence-electron chi connectivity index (χ4n) is 1.68. The molecule has 0 aliphatic heterocycles. The Balaban J connectivity index is 4.84. The number of carbonyl (C=O) groups is 2. The highest BCUT2D eigenvalue weighted by Gasteiger charge is 2.42. The lowest BCUT2D eigenvalue weighted by molar-refractivity contribution is -0.149. The Hall–Kier alpha value is -1.16. The Morgan fingerprint density at radius 2 is 1.88 bits per heavy atom. The molecular weight excluding hydrogens is 218 g/mol. The third kappa shape index (κ3) is 3.97. The molecule has 2 unspecified atom stereocenters. The smallest absolute Gasteiger partial charge is 0.331 e. The summed E-state index contributed by atoms with van der Waals surface area (Å²) < 4.78 is 0. The Bertz CT molecular complexity index is 299. The first-order chi connectivity index (χ1) is 7.93. The molecule has 3 N–H and O–H groups in total. The monoisotopic (exact) mass is 241 g/mol. The average Bonchev–Trinajstić information content (AvgIpc) is 2.32. The molecule has 0 amide bonds. The first kappa shape index (κ1) is 15.8. The van der Waals surface area contributed by atoms with Crippen molar-refractivity contribution >= 4 is 11.8 Å². The molecule has 4 heteroatoms. The molecular formula is C13H23NO3. The molecule has 0 rings (SSSR count). The number of ketones is 1. The summed E-state index contributed by atoms with van der Waals surface area (Å²) in [5.74, 6) is -1.91. The number of nitrogens with two attached hydrogens (primary N) is 1. The Kier molecular flexibility index (Phi) is 6.73. The SMILES string of the molecule is CCC=CCC(CC)C(=O)C(N)(CC)C(=O)O. The lowest BCUT2D eigenvalue weighted by Crippen LogP contribution is -2.56. The van der Waals surface area contributed by atoms with Crippen LogP contribution in [0.15, 0.2) is 12.2 Å². The number of allylic oxidation sites excluding steroid dienone is 2. The number of rotatable bonds is 8. The van der Waals surface area contributed by atoms with Gasteiger partial charge in [-0.25, -0.2) is 4.79 Å². The van der Waals surface area contributed by atoms with Crippen LogP contribution in [0.4, 0.5) is 0 Å². The van der Waals surface area contributed by atoms with Crippen molar-refractivity contribution in [3.05, 3.63) is 12.2 Å². The van der Waals surface area contributed by atoms with Crippen LogP contribution >= 0.6 is 0 Å². The fraction of sp³-hybridized carbons (Fsp3) is 0.692. The van der Waals surface area contributed by atoms with E-state index < -0.39 is 11.5 Å². The Labute approximate surface area is 103 Å². The van der Waals surface area contributed by atoms with Crippen molar-refractivity contribution in [2.24, 2.45) is 11.7 Å². The van der Waals surface area contributed by atoms with Crippen molar-refractivity contribution in [1.82, 2.24) is 0 Å². The summed E-state index contributed by atoms with van der Waals surface area (Å²) in [6.07, 6.45) is 6.10. The molecule has 0 bridgehead atoms. The largest absolute Gasteiger partial charge is 0.480 e. The summed E-state index contributed by atoms with van der Waals surface area (Å²) in [6, 6.07) is 0. The van der Waals surface area contributed by atoms with E-state index in [2.05, 4.69) is 0 Å². The Morgan fingerprint density at radius 1 is 1.29 bits per heavy atom. The minimum Gasteiger partial charge on any atom is -0.480 e. The number of carbonyl (C=O) groups excluding carboxylic acids is 1. The van der Waals surface area contributed by atoms with Gasteiger partial charge in [0.15, 0.2) is 11.3 Å². The minimum atomic E-state index is -1.74. The van der Waals surface area contributed by atoms with Crippen LogP contribution in [-0.4, -0.2) is 22.4 Å². The van der Waals surface area contributed by atoms with Crippen LogP contribution in [0.25, 0.3) is 0 Å². The van der Waals surface area contributed by atoms with E-state index in [1.807, 2.05) is 26.0 Å². The Morgan fingerprint density at radius 3 is 2.24 bits per heavy atom. The molecule has 0 radical (unpaired) electrons. The summed E-state index contributed by atoms with van der Waals surface area (Å²) in [6.45, 7) is 5.51. The van der Waals surface area contributed by atoms with Gasteiger partial charge in [0.25, 0.3) is 0 Å². The van der Waals surface area contributed by atoms with E-state index >= 15 is 0 Å². The van der Waals surface area contributed by atoms with Gasteiger partial charge in [-0.1, -0.05) is 32.9 Å². The van der Waals surface area contributed by atoms with E-state index in [4.69, 9.17) is 10.8 Å². The number of hydrogen-bond donors (Lipinski definition) is 2. The molecule has 0 aliphatic rings. The third-order valence-electron chi connectivity index (χ3n) is 3.07. The number of aliphatic carboxylic acids is 1. The van der Waals surface area contributed by atoms with E-state index in [1.54, 1.807) is 6.92 Å². The highest BCUT2D eigenvalue weighted by atomic mass is 16.4. The third-order valence-corrected chi connectivity index (χ3v) is 3.07. The summed E-state index contributed by atoms with van der Waals surface area (Å²) in [5, 5.41) is 9.06. The van der Waals surface area contributed by atoms with Gasteiger partial charge in [0.2, 0.25) is 0 Å². The van der Waals surface area contributed by atoms with Crippen LogP contribution in [0, 0.1) is 5.92 Å². The average molecular weight is 241 g/mol. The summed E-state index contributed by atoms with van der Waals surface area (Å²) in [7, 11) is 0. The number of hydrogen-bond acceptors (Lipinski definition) is 3. The van der Waals surface area contributed by atoms with Crippen LogP contribution < -0.4 is 5.73 Å². The van der Waals surface area contributed by atoms with Crippen LogP contribution in [0.1, 0.15) is 46.5 Å². The topological polar surface area (TPSA) is 80.4 Å². The van der Waals surface area contributed by atoms with Gasteiger partial charge in [0.05, 0.1) is 0 Å². The number of carboxylic acids is 1. The summed E-state index contributed by atoms with van der Waals surface area (Å²) in [4.78, 5) is 23.2. The van der Waals surface area contributed by atoms with Gasteiger partial charge in [0, 0.05) is 5.92 Å². The molecule has 0 aromatic rings. The lowest BCUT2D eigenvalue weighted by Gasteiger charge is -2.25. The van der Waals surface area contributed by atoms with Gasteiger partial charge >= 0.3 is 5.97 Å². The predicted molar refractivity (Wildman–Crippen MR) is 67.7 cm³/mol. The summed E-state index contributed by atoms with van der Waals surface area (Å²) >= 11 is 0. The maximum absolute atomic E-state index is 12.1. The number of carboxylic acid groups (broad SMARTS) is 1. The van der Waals surface area contributed by atoms with Gasteiger partial charge in [-0.15, -0.1) is 0 Å². The van der Waals surface area contributed by atoms with Gasteiger partial charge in [-0.2, -0.15) is 0 Å². The lowest BCUT2D eigenvalue weighted by atomic mass is 9.81. The van der Waals surface area contributed by atoms with Crippen molar-refractivity contribution < 1.29 is 14.7 Å². The maximum atomic E-state index is 12.1. The van der Waals surface area contributed by atoms with Crippen molar-refractivity contribution in [1.29, 1.82) is 0 Å². The molecule has 0 saturated carbocycles. The van der Waals surface area contributed by atoms with E-state index in [9.17, 15) is 9.59 Å². The van der Waals surface area contributed by atoms with Crippen LogP contribution in [0.2, 0.25) is 0 Å². The summed E-state index contributed by atoms with van der Waals surface area (Å²) in [5.41, 5.74) is 3.96. The molecule has 0 spiro atoms. The van der Waals surface area contributed by atoms with Crippen molar-refractivity contribution in [2.45, 2.75) is 52.0 Å². The van der Waals surface area contributed by atoms with Gasteiger partial charge < -0.3 is 10.8 Å². The normalized spacial score (nSPS) is 16.7. The van der Waals surface area contributed by atoms with Gasteiger partial charge in [-0.05, 0) is 25.7 Å². The molecule has 4 nitrogen and oxygen atoms in total. The van der Waals surface area contributed by atoms with Crippen molar-refractivity contribution in [2.75, 3.05) is 0 Å². The first-order valence-electron chi connectivity index (χ1n) is 6.15. The van der Waals surface area contributed by atoms with Crippen LogP contribution in [-0.2, 0) is 9.59 Å². The second-order valence-electron chi connectivity index (χ2n) is 4.21. The molecule has 0 saturated heterocycles. The molecule has 0 heterocycles. The zero-order chi connectivity index (χ0) is 13.5. The molecule has 0 fully saturated rings. The minimum absolute atomic E-state index is 0.120. The standard InChI is InChI=1S/C13H23NO3/c1-4-7-8-9-10(5-2)11(15)13(14,6-3)12(16)17/h7-8,10H,4-6,9,14H2,1-3H3,(H,16,17). The zero-order valence-corrected chi connectivity index (χ0v) is 10.9. The van der Waals surface area contributed by atoms with Gasteiger partial charge in [-0.3, -0.25) is 4.79 Å². The van der Waals surface area contributed by atoms with Crippen molar-refractivity contribution in [3.8, 4) is 0 Å².